The molecule has 1 saturated heterocycles. The Balaban J connectivity index is 2.05. The Kier molecular flexibility index (Phi) is 2.90. The van der Waals surface area contributed by atoms with Crippen LogP contribution in [0.4, 0.5) is 5.82 Å². The van der Waals surface area contributed by atoms with E-state index in [1.807, 2.05) is 13.0 Å². The molecule has 1 fully saturated rings. The van der Waals surface area contributed by atoms with Crippen molar-refractivity contribution in [3.05, 3.63) is 22.3 Å². The van der Waals surface area contributed by atoms with Gasteiger partial charge in [-0.3, -0.25) is 4.79 Å². The van der Waals surface area contributed by atoms with E-state index >= 15 is 0 Å². The third kappa shape index (κ3) is 2.47. The molecular formula is C10H12BrN3O. The average molecular weight is 270 g/mol. The molecule has 1 aliphatic rings. The summed E-state index contributed by atoms with van der Waals surface area (Å²) >= 11 is 3.39. The largest absolute Gasteiger partial charge is 0.365 e. The van der Waals surface area contributed by atoms with Crippen LogP contribution in [0.1, 0.15) is 12.0 Å². The van der Waals surface area contributed by atoms with Crippen molar-refractivity contribution < 1.29 is 4.79 Å². The van der Waals surface area contributed by atoms with Gasteiger partial charge in [-0.15, -0.1) is 0 Å². The van der Waals surface area contributed by atoms with Crippen molar-refractivity contribution in [3.63, 3.8) is 0 Å². The Bertz CT molecular complexity index is 394. The van der Waals surface area contributed by atoms with Crippen LogP contribution in [0.15, 0.2) is 16.7 Å². The molecule has 15 heavy (non-hydrogen) atoms. The first kappa shape index (κ1) is 10.4. The van der Waals surface area contributed by atoms with E-state index in [1.54, 1.807) is 6.20 Å². The fraction of sp³-hybridized carbons (Fsp3) is 0.400. The molecule has 1 amide bonds. The molecule has 0 aliphatic carbocycles. The summed E-state index contributed by atoms with van der Waals surface area (Å²) in [5.41, 5.74) is 1.13. The Hall–Kier alpha value is -1.10. The summed E-state index contributed by atoms with van der Waals surface area (Å²) in [6.07, 6.45) is 2.29. The van der Waals surface area contributed by atoms with Gasteiger partial charge in [0.05, 0.1) is 6.04 Å². The highest BCUT2D eigenvalue weighted by Gasteiger charge is 2.21. The van der Waals surface area contributed by atoms with Gasteiger partial charge in [0.15, 0.2) is 0 Å². The van der Waals surface area contributed by atoms with Crippen LogP contribution >= 0.6 is 15.9 Å². The fourth-order valence-corrected chi connectivity index (χ4v) is 1.75. The molecule has 2 rings (SSSR count). The number of rotatable bonds is 2. The maximum atomic E-state index is 11.0. The minimum Gasteiger partial charge on any atom is -0.365 e. The summed E-state index contributed by atoms with van der Waals surface area (Å²) in [6.45, 7) is 2.69. The lowest BCUT2D eigenvalue weighted by molar-refractivity contribution is -0.119. The van der Waals surface area contributed by atoms with Crippen molar-refractivity contribution in [2.45, 2.75) is 19.4 Å². The Morgan fingerprint density at radius 3 is 3.07 bits per heavy atom. The van der Waals surface area contributed by atoms with Gasteiger partial charge in [-0.1, -0.05) is 0 Å². The molecular weight excluding hydrogens is 258 g/mol. The van der Waals surface area contributed by atoms with Crippen molar-refractivity contribution in [2.75, 3.05) is 11.9 Å². The molecule has 2 N–H and O–H groups in total. The number of nitrogens with zero attached hydrogens (tertiary/aromatic N) is 1. The Morgan fingerprint density at radius 1 is 1.67 bits per heavy atom. The first-order valence-corrected chi connectivity index (χ1v) is 5.60. The Morgan fingerprint density at radius 2 is 2.47 bits per heavy atom. The number of pyridine rings is 1. The number of amides is 1. The van der Waals surface area contributed by atoms with Gasteiger partial charge in [0.1, 0.15) is 5.82 Å². The van der Waals surface area contributed by atoms with Crippen LogP contribution in [0, 0.1) is 6.92 Å². The van der Waals surface area contributed by atoms with Crippen LogP contribution in [0.2, 0.25) is 0 Å². The molecule has 1 aliphatic heterocycles. The lowest BCUT2D eigenvalue weighted by Gasteiger charge is -2.11. The second-order valence-electron chi connectivity index (χ2n) is 3.67. The molecule has 4 nitrogen and oxygen atoms in total. The molecule has 1 aromatic heterocycles. The van der Waals surface area contributed by atoms with Gasteiger partial charge in [0, 0.05) is 23.6 Å². The fourth-order valence-electron chi connectivity index (χ4n) is 1.53. The molecule has 1 aromatic rings. The molecule has 1 unspecified atom stereocenters. The topological polar surface area (TPSA) is 54.0 Å². The Labute approximate surface area is 96.6 Å². The molecule has 0 spiro atoms. The maximum absolute atomic E-state index is 11.0. The second-order valence-corrected chi connectivity index (χ2v) is 4.52. The zero-order valence-electron chi connectivity index (χ0n) is 8.38. The van der Waals surface area contributed by atoms with Crippen LogP contribution in [0.3, 0.4) is 0 Å². The van der Waals surface area contributed by atoms with Crippen molar-refractivity contribution in [1.29, 1.82) is 0 Å². The highest BCUT2D eigenvalue weighted by Crippen LogP contribution is 2.18. The number of nitrogens with one attached hydrogen (secondary N) is 2. The molecule has 0 bridgehead atoms. The zero-order valence-corrected chi connectivity index (χ0v) is 9.97. The highest BCUT2D eigenvalue weighted by atomic mass is 79.9. The number of aromatic nitrogens is 1. The summed E-state index contributed by atoms with van der Waals surface area (Å²) in [5, 5.41) is 6.00. The van der Waals surface area contributed by atoms with E-state index in [9.17, 15) is 4.79 Å². The van der Waals surface area contributed by atoms with E-state index in [4.69, 9.17) is 0 Å². The van der Waals surface area contributed by atoms with E-state index in [0.29, 0.717) is 13.0 Å². The molecule has 0 saturated carbocycles. The molecule has 1 atom stereocenters. The predicted molar refractivity (Wildman–Crippen MR) is 61.7 cm³/mol. The summed E-state index contributed by atoms with van der Waals surface area (Å²) in [4.78, 5) is 15.2. The SMILES string of the molecule is Cc1cc(NC2CNC(=O)C2)ncc1Br. The van der Waals surface area contributed by atoms with Gasteiger partial charge in [-0.05, 0) is 34.5 Å². The van der Waals surface area contributed by atoms with Gasteiger partial charge in [0.25, 0.3) is 0 Å². The average Bonchev–Trinajstić information content (AvgIpc) is 2.58. The quantitative estimate of drug-likeness (QED) is 0.855. The van der Waals surface area contributed by atoms with Crippen molar-refractivity contribution in [2.24, 2.45) is 0 Å². The smallest absolute Gasteiger partial charge is 0.222 e. The van der Waals surface area contributed by atoms with Crippen LogP contribution in [0.25, 0.3) is 0 Å². The third-order valence-electron chi connectivity index (χ3n) is 2.38. The van der Waals surface area contributed by atoms with Crippen LogP contribution < -0.4 is 10.6 Å². The van der Waals surface area contributed by atoms with Crippen molar-refractivity contribution in [3.8, 4) is 0 Å². The second kappa shape index (κ2) is 4.18. The first-order valence-electron chi connectivity index (χ1n) is 4.80. The third-order valence-corrected chi connectivity index (χ3v) is 3.21. The van der Waals surface area contributed by atoms with Gasteiger partial charge >= 0.3 is 0 Å². The first-order chi connectivity index (χ1) is 7.15. The normalized spacial score (nSPS) is 20.1. The van der Waals surface area contributed by atoms with E-state index < -0.39 is 0 Å². The number of halogens is 1. The number of hydrogen-bond donors (Lipinski definition) is 2. The minimum atomic E-state index is 0.0985. The minimum absolute atomic E-state index is 0.0985. The monoisotopic (exact) mass is 269 g/mol. The van der Waals surface area contributed by atoms with Crippen molar-refractivity contribution in [1.82, 2.24) is 10.3 Å². The van der Waals surface area contributed by atoms with E-state index in [1.165, 1.54) is 0 Å². The lowest BCUT2D eigenvalue weighted by Crippen LogP contribution is -2.22. The summed E-state index contributed by atoms with van der Waals surface area (Å²) in [6, 6.07) is 2.12. The number of carbonyl (C=O) groups is 1. The highest BCUT2D eigenvalue weighted by molar-refractivity contribution is 9.10. The van der Waals surface area contributed by atoms with E-state index in [2.05, 4.69) is 31.5 Å². The number of aryl methyl sites for hydroxylation is 1. The summed E-state index contributed by atoms with van der Waals surface area (Å²) < 4.78 is 0.994. The molecule has 0 radical (unpaired) electrons. The maximum Gasteiger partial charge on any atom is 0.222 e. The lowest BCUT2D eigenvalue weighted by atomic mass is 10.2. The standard InChI is InChI=1S/C10H12BrN3O/c1-6-2-9(12-5-8(6)11)14-7-3-10(15)13-4-7/h2,5,7H,3-4H2,1H3,(H,12,14)(H,13,15). The number of hydrogen-bond acceptors (Lipinski definition) is 3. The molecule has 5 heteroatoms. The van der Waals surface area contributed by atoms with Crippen LogP contribution in [-0.2, 0) is 4.79 Å². The van der Waals surface area contributed by atoms with Gasteiger partial charge in [-0.25, -0.2) is 4.98 Å². The summed E-state index contributed by atoms with van der Waals surface area (Å²) in [7, 11) is 0. The van der Waals surface area contributed by atoms with Gasteiger partial charge in [-0.2, -0.15) is 0 Å². The van der Waals surface area contributed by atoms with Gasteiger partial charge in [0.2, 0.25) is 5.91 Å². The molecule has 80 valence electrons. The predicted octanol–water partition coefficient (Wildman–Crippen LogP) is 1.45. The van der Waals surface area contributed by atoms with E-state index in [-0.39, 0.29) is 11.9 Å². The molecule has 2 heterocycles. The zero-order chi connectivity index (χ0) is 10.8. The molecule has 0 aromatic carbocycles. The van der Waals surface area contributed by atoms with Crippen molar-refractivity contribution >= 4 is 27.7 Å². The van der Waals surface area contributed by atoms with E-state index in [0.717, 1.165) is 15.9 Å². The van der Waals surface area contributed by atoms with Crippen LogP contribution in [0.5, 0.6) is 0 Å². The number of carbonyl (C=O) groups excluding carboxylic acids is 1. The van der Waals surface area contributed by atoms with Crippen LogP contribution in [-0.4, -0.2) is 23.5 Å². The summed E-state index contributed by atoms with van der Waals surface area (Å²) in [5.74, 6) is 0.915. The van der Waals surface area contributed by atoms with Gasteiger partial charge < -0.3 is 10.6 Å². The number of anilines is 1.